The summed E-state index contributed by atoms with van der Waals surface area (Å²) in [6.07, 6.45) is -3.95. The maximum absolute atomic E-state index is 13.2. The van der Waals surface area contributed by atoms with Crippen LogP contribution in [-0.4, -0.2) is 73.0 Å². The molecule has 2 heterocycles. The van der Waals surface area contributed by atoms with E-state index in [4.69, 9.17) is 0 Å². The van der Waals surface area contributed by atoms with Crippen molar-refractivity contribution in [2.45, 2.75) is 17.5 Å². The number of sulfonamides is 1. The average molecular weight is 497 g/mol. The van der Waals surface area contributed by atoms with E-state index in [9.17, 15) is 31.2 Å². The zero-order valence-corrected chi connectivity index (χ0v) is 18.7. The lowest BCUT2D eigenvalue weighted by atomic mass is 10.1. The SMILES string of the molecule is O=C(c1ccccc1NS(=O)(=O)c1ccc2[nH]c(=O)[nH]c2c1)N1CCCN(CC(F)(F)F)CC1. The smallest absolute Gasteiger partial charge is 0.337 e. The Labute approximate surface area is 192 Å². The van der Waals surface area contributed by atoms with E-state index < -0.39 is 34.3 Å². The third-order valence-corrected chi connectivity index (χ3v) is 6.84. The summed E-state index contributed by atoms with van der Waals surface area (Å²) in [5.74, 6) is -0.474. The van der Waals surface area contributed by atoms with Crippen LogP contribution in [-0.2, 0) is 10.0 Å². The Morgan fingerprint density at radius 1 is 1.00 bits per heavy atom. The van der Waals surface area contributed by atoms with Crippen molar-refractivity contribution in [1.82, 2.24) is 19.8 Å². The second-order valence-corrected chi connectivity index (χ2v) is 9.66. The monoisotopic (exact) mass is 497 g/mol. The lowest BCUT2D eigenvalue weighted by Crippen LogP contribution is -2.38. The molecule has 182 valence electrons. The molecule has 13 heteroatoms. The predicted octanol–water partition coefficient (Wildman–Crippen LogP) is 2.37. The molecule has 3 N–H and O–H groups in total. The van der Waals surface area contributed by atoms with Crippen LogP contribution in [0.3, 0.4) is 0 Å². The Bertz CT molecular complexity index is 1370. The molecule has 3 aromatic rings. The van der Waals surface area contributed by atoms with Crippen LogP contribution in [0, 0.1) is 0 Å². The van der Waals surface area contributed by atoms with Crippen molar-refractivity contribution < 1.29 is 26.4 Å². The number of aromatic nitrogens is 2. The average Bonchev–Trinajstić information content (AvgIpc) is 2.98. The number of nitrogens with one attached hydrogen (secondary N) is 3. The second kappa shape index (κ2) is 9.14. The molecule has 0 bridgehead atoms. The molecular weight excluding hydrogens is 475 g/mol. The fourth-order valence-electron chi connectivity index (χ4n) is 3.90. The molecule has 1 aromatic heterocycles. The largest absolute Gasteiger partial charge is 0.401 e. The molecule has 34 heavy (non-hydrogen) atoms. The number of rotatable bonds is 5. The number of carbonyl (C=O) groups is 1. The first-order valence-corrected chi connectivity index (χ1v) is 11.9. The van der Waals surface area contributed by atoms with Gasteiger partial charge in [-0.05, 0) is 36.8 Å². The van der Waals surface area contributed by atoms with Crippen molar-refractivity contribution in [3.05, 3.63) is 58.5 Å². The standard InChI is InChI=1S/C21H22F3N5O4S/c22-21(23,24)13-28-8-3-9-29(11-10-28)19(30)15-4-1-2-5-16(15)27-34(32,33)14-6-7-17-18(12-14)26-20(31)25-17/h1-2,4-7,12,27H,3,8-11,13H2,(H2,25,26,31). The van der Waals surface area contributed by atoms with Gasteiger partial charge in [-0.25, -0.2) is 13.2 Å². The summed E-state index contributed by atoms with van der Waals surface area (Å²) in [4.78, 5) is 32.2. The molecule has 0 atom stereocenters. The molecular formula is C21H22F3N5O4S. The Morgan fingerprint density at radius 3 is 2.50 bits per heavy atom. The highest BCUT2D eigenvalue weighted by atomic mass is 32.2. The van der Waals surface area contributed by atoms with Crippen LogP contribution < -0.4 is 10.4 Å². The lowest BCUT2D eigenvalue weighted by molar-refractivity contribution is -0.145. The highest BCUT2D eigenvalue weighted by Gasteiger charge is 2.32. The van der Waals surface area contributed by atoms with Gasteiger partial charge in [0.15, 0.2) is 0 Å². The van der Waals surface area contributed by atoms with Crippen LogP contribution in [0.1, 0.15) is 16.8 Å². The molecule has 0 spiro atoms. The Balaban J connectivity index is 1.54. The number of alkyl halides is 3. The van der Waals surface area contributed by atoms with E-state index in [0.717, 1.165) is 0 Å². The zero-order chi connectivity index (χ0) is 24.5. The number of H-pyrrole nitrogens is 2. The van der Waals surface area contributed by atoms with Crippen LogP contribution in [0.4, 0.5) is 18.9 Å². The maximum atomic E-state index is 13.2. The van der Waals surface area contributed by atoms with Gasteiger partial charge in [-0.3, -0.25) is 14.4 Å². The number of anilines is 1. The summed E-state index contributed by atoms with van der Waals surface area (Å²) in [5.41, 5.74) is 0.420. The van der Waals surface area contributed by atoms with E-state index in [1.54, 1.807) is 12.1 Å². The Morgan fingerprint density at radius 2 is 1.74 bits per heavy atom. The number of hydrogen-bond donors (Lipinski definition) is 3. The van der Waals surface area contributed by atoms with E-state index >= 15 is 0 Å². The molecule has 1 aliphatic heterocycles. The molecule has 9 nitrogen and oxygen atoms in total. The van der Waals surface area contributed by atoms with Crippen molar-refractivity contribution in [3.63, 3.8) is 0 Å². The first-order valence-electron chi connectivity index (χ1n) is 10.4. The van der Waals surface area contributed by atoms with Gasteiger partial charge >= 0.3 is 11.9 Å². The number of fused-ring (bicyclic) bond motifs is 1. The van der Waals surface area contributed by atoms with Crippen molar-refractivity contribution in [2.24, 2.45) is 0 Å². The highest BCUT2D eigenvalue weighted by Crippen LogP contribution is 2.24. The van der Waals surface area contributed by atoms with Gasteiger partial charge in [0.05, 0.1) is 33.7 Å². The minimum Gasteiger partial charge on any atom is -0.337 e. The number of carbonyl (C=O) groups excluding carboxylic acids is 1. The lowest BCUT2D eigenvalue weighted by Gasteiger charge is -2.23. The van der Waals surface area contributed by atoms with E-state index in [1.807, 2.05) is 0 Å². The number of halogens is 3. The van der Waals surface area contributed by atoms with Gasteiger partial charge < -0.3 is 14.9 Å². The van der Waals surface area contributed by atoms with Crippen LogP contribution in [0.25, 0.3) is 11.0 Å². The van der Waals surface area contributed by atoms with Gasteiger partial charge in [-0.1, -0.05) is 12.1 Å². The molecule has 0 radical (unpaired) electrons. The number of hydrogen-bond acceptors (Lipinski definition) is 5. The number of aromatic amines is 2. The van der Waals surface area contributed by atoms with Gasteiger partial charge in [-0.15, -0.1) is 0 Å². The topological polar surface area (TPSA) is 118 Å². The number of imidazole rings is 1. The molecule has 1 fully saturated rings. The number of amides is 1. The fraction of sp³-hybridized carbons (Fsp3) is 0.333. The minimum absolute atomic E-state index is 0.0477. The molecule has 0 unspecified atom stereocenters. The van der Waals surface area contributed by atoms with E-state index in [2.05, 4.69) is 14.7 Å². The van der Waals surface area contributed by atoms with Gasteiger partial charge in [0, 0.05) is 26.2 Å². The summed E-state index contributed by atoms with van der Waals surface area (Å²) in [6.45, 7) is -0.420. The summed E-state index contributed by atoms with van der Waals surface area (Å²) < 4.78 is 66.6. The van der Waals surface area contributed by atoms with E-state index in [-0.39, 0.29) is 42.3 Å². The second-order valence-electron chi connectivity index (χ2n) is 7.97. The molecule has 1 aliphatic rings. The van der Waals surface area contributed by atoms with Crippen molar-refractivity contribution in [3.8, 4) is 0 Å². The molecule has 0 saturated carbocycles. The van der Waals surface area contributed by atoms with Gasteiger partial charge in [0.2, 0.25) is 0 Å². The van der Waals surface area contributed by atoms with Crippen molar-refractivity contribution in [2.75, 3.05) is 37.4 Å². The van der Waals surface area contributed by atoms with Gasteiger partial charge in [-0.2, -0.15) is 13.2 Å². The van der Waals surface area contributed by atoms with Crippen LogP contribution in [0.15, 0.2) is 52.2 Å². The van der Waals surface area contributed by atoms with Crippen molar-refractivity contribution in [1.29, 1.82) is 0 Å². The molecule has 1 saturated heterocycles. The van der Waals surface area contributed by atoms with Crippen LogP contribution in [0.2, 0.25) is 0 Å². The predicted molar refractivity (Wildman–Crippen MR) is 119 cm³/mol. The Kier molecular flexibility index (Phi) is 6.41. The van der Waals surface area contributed by atoms with Crippen LogP contribution in [0.5, 0.6) is 0 Å². The number of benzene rings is 2. The van der Waals surface area contributed by atoms with Gasteiger partial charge in [0.1, 0.15) is 0 Å². The molecule has 4 rings (SSSR count). The van der Waals surface area contributed by atoms with Gasteiger partial charge in [0.25, 0.3) is 15.9 Å². The summed E-state index contributed by atoms with van der Waals surface area (Å²) in [7, 11) is -4.11. The molecule has 2 aromatic carbocycles. The first-order chi connectivity index (χ1) is 16.0. The number of para-hydroxylation sites is 1. The minimum atomic E-state index is -4.32. The van der Waals surface area contributed by atoms with Crippen molar-refractivity contribution >= 4 is 32.7 Å². The summed E-state index contributed by atoms with van der Waals surface area (Å²) in [5, 5.41) is 0. The summed E-state index contributed by atoms with van der Waals surface area (Å²) >= 11 is 0. The molecule has 0 aliphatic carbocycles. The molecule has 1 amide bonds. The van der Waals surface area contributed by atoms with E-state index in [0.29, 0.717) is 17.5 Å². The zero-order valence-electron chi connectivity index (χ0n) is 17.9. The first kappa shape index (κ1) is 23.8. The normalized spacial score (nSPS) is 15.9. The van der Waals surface area contributed by atoms with E-state index in [1.165, 1.54) is 40.1 Å². The maximum Gasteiger partial charge on any atom is 0.401 e. The third kappa shape index (κ3) is 5.42. The third-order valence-electron chi connectivity index (χ3n) is 5.48. The fourth-order valence-corrected chi connectivity index (χ4v) is 5.00. The van der Waals surface area contributed by atoms with Crippen LogP contribution >= 0.6 is 0 Å². The summed E-state index contributed by atoms with van der Waals surface area (Å²) in [6, 6.07) is 10.1. The highest BCUT2D eigenvalue weighted by molar-refractivity contribution is 7.92. The number of nitrogens with zero attached hydrogens (tertiary/aromatic N) is 2. The quantitative estimate of drug-likeness (QED) is 0.500. The Hall–Kier alpha value is -3.32.